The molecule has 4 rings (SSSR count). The molecule has 1 aliphatic rings. The second-order valence-corrected chi connectivity index (χ2v) is 9.24. The highest BCUT2D eigenvalue weighted by Crippen LogP contribution is 2.31. The zero-order valence-electron chi connectivity index (χ0n) is 18.8. The first-order valence-corrected chi connectivity index (χ1v) is 12.5. The third-order valence-corrected chi connectivity index (χ3v) is 7.09. The van der Waals surface area contributed by atoms with E-state index >= 15 is 0 Å². The van der Waals surface area contributed by atoms with E-state index in [0.29, 0.717) is 26.4 Å². The molecule has 1 aliphatic heterocycles. The molecule has 0 amide bonds. The normalized spacial score (nSPS) is 15.8. The zero-order chi connectivity index (χ0) is 23.5. The number of benzene rings is 2. The second kappa shape index (κ2) is 9.80. The summed E-state index contributed by atoms with van der Waals surface area (Å²) in [5, 5.41) is 0. The summed E-state index contributed by atoms with van der Waals surface area (Å²) < 4.78 is 12.7. The fourth-order valence-corrected chi connectivity index (χ4v) is 5.20. The van der Waals surface area contributed by atoms with Gasteiger partial charge in [0.1, 0.15) is 5.75 Å². The molecule has 0 N–H and O–H groups in total. The summed E-state index contributed by atoms with van der Waals surface area (Å²) in [7, 11) is 1.60. The van der Waals surface area contributed by atoms with Gasteiger partial charge in [0.2, 0.25) is 0 Å². The molecular formula is C25H24N2O4S2. The van der Waals surface area contributed by atoms with E-state index in [0.717, 1.165) is 16.0 Å². The molecule has 0 radical (unpaired) electrons. The van der Waals surface area contributed by atoms with Crippen molar-refractivity contribution in [3.8, 4) is 5.75 Å². The monoisotopic (exact) mass is 480 g/mol. The molecule has 0 saturated heterocycles. The summed E-state index contributed by atoms with van der Waals surface area (Å²) in [5.74, 6) is 0.222. The summed E-state index contributed by atoms with van der Waals surface area (Å²) >= 11 is 2.98. The number of esters is 1. The van der Waals surface area contributed by atoms with Gasteiger partial charge in [-0.1, -0.05) is 35.6 Å². The van der Waals surface area contributed by atoms with Gasteiger partial charge in [-0.05, 0) is 61.6 Å². The van der Waals surface area contributed by atoms with Gasteiger partial charge >= 0.3 is 5.97 Å². The molecule has 3 aromatic rings. The molecular weight excluding hydrogens is 456 g/mol. The molecule has 1 atom stereocenters. The first-order valence-electron chi connectivity index (χ1n) is 10.4. The molecule has 1 aromatic heterocycles. The minimum atomic E-state index is -0.632. The van der Waals surface area contributed by atoms with E-state index in [2.05, 4.69) is 4.99 Å². The maximum Gasteiger partial charge on any atom is 0.338 e. The number of rotatable bonds is 6. The predicted molar refractivity (Wildman–Crippen MR) is 132 cm³/mol. The van der Waals surface area contributed by atoms with Crippen LogP contribution in [-0.2, 0) is 9.53 Å². The minimum absolute atomic E-state index is 0.192. The van der Waals surface area contributed by atoms with E-state index < -0.39 is 12.0 Å². The standard InChI is InChI=1S/C25H24N2O4S2/c1-5-31-24(29)21-15(2)26-25-27(22(21)17-8-10-18(30-3)11-9-17)23(28)20(33-25)14-16-6-12-19(32-4)13-7-16/h6-14,22H,5H2,1-4H3/b20-14+/t22-/m0/s1. The van der Waals surface area contributed by atoms with Crippen LogP contribution in [0.1, 0.15) is 31.0 Å². The van der Waals surface area contributed by atoms with E-state index in [1.807, 2.05) is 60.9 Å². The molecule has 2 aromatic carbocycles. The number of methoxy groups -OCH3 is 1. The quantitative estimate of drug-likeness (QED) is 0.399. The molecule has 0 saturated carbocycles. The number of ether oxygens (including phenoxy) is 2. The Morgan fingerprint density at radius 3 is 2.48 bits per heavy atom. The van der Waals surface area contributed by atoms with Crippen LogP contribution in [0.15, 0.2) is 74.5 Å². The fourth-order valence-electron chi connectivity index (χ4n) is 3.74. The lowest BCUT2D eigenvalue weighted by Crippen LogP contribution is -2.39. The van der Waals surface area contributed by atoms with Gasteiger partial charge in [-0.25, -0.2) is 9.79 Å². The Hall–Kier alpha value is -3.10. The van der Waals surface area contributed by atoms with Crippen LogP contribution in [0.5, 0.6) is 5.75 Å². The molecule has 0 aliphatic carbocycles. The van der Waals surface area contributed by atoms with Crippen LogP contribution in [0.2, 0.25) is 0 Å². The van der Waals surface area contributed by atoms with Crippen molar-refractivity contribution in [1.82, 2.24) is 4.57 Å². The number of thioether (sulfide) groups is 1. The van der Waals surface area contributed by atoms with Crippen LogP contribution in [0, 0.1) is 0 Å². The summed E-state index contributed by atoms with van der Waals surface area (Å²) in [5.41, 5.74) is 2.44. The van der Waals surface area contributed by atoms with Gasteiger partial charge in [-0.3, -0.25) is 9.36 Å². The minimum Gasteiger partial charge on any atom is -0.497 e. The molecule has 0 bridgehead atoms. The van der Waals surface area contributed by atoms with Crippen LogP contribution in [0.25, 0.3) is 6.08 Å². The molecule has 6 nitrogen and oxygen atoms in total. The zero-order valence-corrected chi connectivity index (χ0v) is 20.5. The second-order valence-electron chi connectivity index (χ2n) is 7.35. The SMILES string of the molecule is CCOC(=O)C1=C(C)N=c2s/c(=C/c3ccc(SC)cc3)c(=O)n2[C@H]1c1ccc(OC)cc1. The average molecular weight is 481 g/mol. The summed E-state index contributed by atoms with van der Waals surface area (Å²) in [6, 6.07) is 14.7. The first-order chi connectivity index (χ1) is 16.0. The van der Waals surface area contributed by atoms with Gasteiger partial charge in [-0.15, -0.1) is 11.8 Å². The van der Waals surface area contributed by atoms with Gasteiger partial charge in [0, 0.05) is 4.90 Å². The molecule has 33 heavy (non-hydrogen) atoms. The molecule has 8 heteroatoms. The van der Waals surface area contributed by atoms with E-state index in [1.54, 1.807) is 37.3 Å². The number of aromatic nitrogens is 1. The van der Waals surface area contributed by atoms with E-state index in [1.165, 1.54) is 11.3 Å². The number of hydrogen-bond acceptors (Lipinski definition) is 7. The largest absolute Gasteiger partial charge is 0.497 e. The van der Waals surface area contributed by atoms with Crippen LogP contribution in [0.3, 0.4) is 0 Å². The Morgan fingerprint density at radius 2 is 1.88 bits per heavy atom. The number of carbonyl (C=O) groups excluding carboxylic acids is 1. The molecule has 0 spiro atoms. The van der Waals surface area contributed by atoms with Crippen LogP contribution >= 0.6 is 23.1 Å². The number of fused-ring (bicyclic) bond motifs is 1. The van der Waals surface area contributed by atoms with Gasteiger partial charge in [0.25, 0.3) is 5.56 Å². The first kappa shape index (κ1) is 23.1. The maximum atomic E-state index is 13.6. The highest BCUT2D eigenvalue weighted by atomic mass is 32.2. The highest BCUT2D eigenvalue weighted by Gasteiger charge is 2.33. The third-order valence-electron chi connectivity index (χ3n) is 5.36. The van der Waals surface area contributed by atoms with Gasteiger partial charge in [0.15, 0.2) is 4.80 Å². The van der Waals surface area contributed by atoms with E-state index in [4.69, 9.17) is 9.47 Å². The Bertz CT molecular complexity index is 1380. The van der Waals surface area contributed by atoms with E-state index in [-0.39, 0.29) is 12.2 Å². The Morgan fingerprint density at radius 1 is 1.18 bits per heavy atom. The number of nitrogens with zero attached hydrogens (tertiary/aromatic N) is 2. The predicted octanol–water partition coefficient (Wildman–Crippen LogP) is 3.53. The van der Waals surface area contributed by atoms with Gasteiger partial charge < -0.3 is 9.47 Å². The Balaban J connectivity index is 1.90. The van der Waals surface area contributed by atoms with Crippen molar-refractivity contribution in [3.05, 3.63) is 90.6 Å². The summed E-state index contributed by atoms with van der Waals surface area (Å²) in [6.07, 6.45) is 3.89. The lowest BCUT2D eigenvalue weighted by Gasteiger charge is -2.24. The van der Waals surface area contributed by atoms with E-state index in [9.17, 15) is 9.59 Å². The molecule has 2 heterocycles. The lowest BCUT2D eigenvalue weighted by molar-refractivity contribution is -0.139. The van der Waals surface area contributed by atoms with Crippen LogP contribution in [-0.4, -0.2) is 30.5 Å². The van der Waals surface area contributed by atoms with Crippen molar-refractivity contribution < 1.29 is 14.3 Å². The maximum absolute atomic E-state index is 13.6. The average Bonchev–Trinajstić information content (AvgIpc) is 3.13. The Labute approximate surface area is 199 Å². The summed E-state index contributed by atoms with van der Waals surface area (Å²) in [6.45, 7) is 3.77. The number of allylic oxidation sites excluding steroid dienone is 1. The van der Waals surface area contributed by atoms with Crippen molar-refractivity contribution in [3.63, 3.8) is 0 Å². The Kier molecular flexibility index (Phi) is 6.85. The molecule has 0 fully saturated rings. The van der Waals surface area contributed by atoms with Crippen molar-refractivity contribution >= 4 is 35.1 Å². The number of carbonyl (C=O) groups is 1. The van der Waals surface area contributed by atoms with Crippen molar-refractivity contribution in [2.75, 3.05) is 20.0 Å². The van der Waals surface area contributed by atoms with Crippen molar-refractivity contribution in [2.45, 2.75) is 24.8 Å². The lowest BCUT2D eigenvalue weighted by atomic mass is 9.96. The number of hydrogen-bond donors (Lipinski definition) is 0. The topological polar surface area (TPSA) is 69.9 Å². The van der Waals surface area contributed by atoms with Crippen LogP contribution in [0.4, 0.5) is 0 Å². The highest BCUT2D eigenvalue weighted by molar-refractivity contribution is 7.98. The summed E-state index contributed by atoms with van der Waals surface area (Å²) in [4.78, 5) is 32.8. The molecule has 170 valence electrons. The smallest absolute Gasteiger partial charge is 0.338 e. The van der Waals surface area contributed by atoms with Gasteiger partial charge in [-0.2, -0.15) is 0 Å². The number of thiazole rings is 1. The molecule has 0 unspecified atom stereocenters. The fraction of sp³-hybridized carbons (Fsp3) is 0.240. The van der Waals surface area contributed by atoms with Crippen LogP contribution < -0.4 is 19.6 Å². The van der Waals surface area contributed by atoms with Gasteiger partial charge in [0.05, 0.1) is 35.6 Å². The van der Waals surface area contributed by atoms with Crippen molar-refractivity contribution in [2.24, 2.45) is 4.99 Å². The van der Waals surface area contributed by atoms with Crippen molar-refractivity contribution in [1.29, 1.82) is 0 Å². The third kappa shape index (κ3) is 4.54.